The highest BCUT2D eigenvalue weighted by Gasteiger charge is 2.18. The Morgan fingerprint density at radius 3 is 2.60 bits per heavy atom. The molecule has 1 aliphatic carbocycles. The van der Waals surface area contributed by atoms with E-state index in [4.69, 9.17) is 4.98 Å². The minimum absolute atomic E-state index is 0.0809. The molecule has 3 nitrogen and oxygen atoms in total. The summed E-state index contributed by atoms with van der Waals surface area (Å²) in [5.41, 5.74) is 6.05. The van der Waals surface area contributed by atoms with E-state index in [0.29, 0.717) is 0 Å². The van der Waals surface area contributed by atoms with Crippen LogP contribution in [-0.2, 0) is 18.6 Å². The van der Waals surface area contributed by atoms with Crippen LogP contribution in [-0.4, -0.2) is 9.38 Å². The van der Waals surface area contributed by atoms with Gasteiger partial charge in [-0.3, -0.25) is 9.20 Å². The number of benzene rings is 1. The lowest BCUT2D eigenvalue weighted by atomic mass is 10.0. The molecule has 0 spiro atoms. The lowest BCUT2D eigenvalue weighted by Gasteiger charge is -2.11. The number of nitrogens with zero attached hydrogens (tertiary/aromatic N) is 2. The molecule has 2 aromatic heterocycles. The van der Waals surface area contributed by atoms with Crippen molar-refractivity contribution in [2.24, 2.45) is 0 Å². The third kappa shape index (κ3) is 3.15. The van der Waals surface area contributed by atoms with Gasteiger partial charge >= 0.3 is 0 Å². The molecule has 0 atom stereocenters. The van der Waals surface area contributed by atoms with E-state index < -0.39 is 0 Å². The maximum Gasteiger partial charge on any atom is 0.259 e. The number of thiazole rings is 1. The molecule has 5 heteroatoms. The molecule has 3 aromatic rings. The Morgan fingerprint density at radius 1 is 1.12 bits per heavy atom. The summed E-state index contributed by atoms with van der Waals surface area (Å²) >= 11 is 3.48. The molecule has 0 saturated heterocycles. The molecule has 0 saturated carbocycles. The Kier molecular flexibility index (Phi) is 4.46. The highest BCUT2D eigenvalue weighted by atomic mass is 32.2. The van der Waals surface area contributed by atoms with Crippen LogP contribution in [0, 0.1) is 20.8 Å². The van der Waals surface area contributed by atoms with Crippen LogP contribution in [0.3, 0.4) is 0 Å². The van der Waals surface area contributed by atoms with Gasteiger partial charge in [-0.2, -0.15) is 0 Å². The van der Waals surface area contributed by atoms with Crippen molar-refractivity contribution in [2.75, 3.05) is 0 Å². The van der Waals surface area contributed by atoms with Crippen LogP contribution in [0.25, 0.3) is 4.96 Å². The first-order valence-electron chi connectivity index (χ1n) is 8.77. The van der Waals surface area contributed by atoms with Crippen molar-refractivity contribution in [1.29, 1.82) is 0 Å². The SMILES string of the molecule is Cc1cc(C)c(SCc2cc(=O)n3c4c(sc3n2)CCCC4)c(C)c1. The van der Waals surface area contributed by atoms with Gasteiger partial charge < -0.3 is 0 Å². The highest BCUT2D eigenvalue weighted by Crippen LogP contribution is 2.31. The minimum Gasteiger partial charge on any atom is -0.269 e. The third-order valence-corrected chi connectivity index (χ3v) is 7.30. The van der Waals surface area contributed by atoms with E-state index in [1.54, 1.807) is 29.2 Å². The molecule has 2 heterocycles. The zero-order chi connectivity index (χ0) is 17.6. The van der Waals surface area contributed by atoms with Crippen LogP contribution in [0.15, 0.2) is 27.9 Å². The van der Waals surface area contributed by atoms with Crippen molar-refractivity contribution < 1.29 is 0 Å². The number of thioether (sulfide) groups is 1. The Labute approximate surface area is 156 Å². The number of aromatic nitrogens is 2. The predicted octanol–water partition coefficient (Wildman–Crippen LogP) is 4.85. The van der Waals surface area contributed by atoms with E-state index in [0.717, 1.165) is 29.2 Å². The van der Waals surface area contributed by atoms with Gasteiger partial charge in [0.25, 0.3) is 5.56 Å². The molecule has 0 unspecified atom stereocenters. The maximum atomic E-state index is 12.6. The predicted molar refractivity (Wildman–Crippen MR) is 106 cm³/mol. The summed E-state index contributed by atoms with van der Waals surface area (Å²) in [5, 5.41) is 0. The lowest BCUT2D eigenvalue weighted by molar-refractivity contribution is 0.670. The monoisotopic (exact) mass is 370 g/mol. The van der Waals surface area contributed by atoms with E-state index in [-0.39, 0.29) is 5.56 Å². The number of hydrogen-bond acceptors (Lipinski definition) is 4. The molecule has 0 aliphatic heterocycles. The first kappa shape index (κ1) is 16.9. The second-order valence-corrected chi connectivity index (χ2v) is 8.95. The molecular formula is C20H22N2OS2. The summed E-state index contributed by atoms with van der Waals surface area (Å²) in [6.45, 7) is 6.44. The van der Waals surface area contributed by atoms with Crippen molar-refractivity contribution in [3.63, 3.8) is 0 Å². The smallest absolute Gasteiger partial charge is 0.259 e. The average molecular weight is 371 g/mol. The summed E-state index contributed by atoms with van der Waals surface area (Å²) in [6.07, 6.45) is 4.50. The normalized spacial score (nSPS) is 14.0. The Bertz CT molecular complexity index is 993. The molecule has 130 valence electrons. The summed E-state index contributed by atoms with van der Waals surface area (Å²) in [6, 6.07) is 6.16. The van der Waals surface area contributed by atoms with E-state index in [9.17, 15) is 4.79 Å². The van der Waals surface area contributed by atoms with Crippen LogP contribution in [0.2, 0.25) is 0 Å². The third-order valence-electron chi connectivity index (χ3n) is 4.78. The van der Waals surface area contributed by atoms with Crippen molar-refractivity contribution in [1.82, 2.24) is 9.38 Å². The fourth-order valence-electron chi connectivity index (χ4n) is 3.76. The van der Waals surface area contributed by atoms with Gasteiger partial charge in [0.15, 0.2) is 4.96 Å². The molecule has 0 N–H and O–H groups in total. The van der Waals surface area contributed by atoms with Gasteiger partial charge in [-0.15, -0.1) is 23.1 Å². The Balaban J connectivity index is 1.66. The number of fused-ring (bicyclic) bond motifs is 3. The lowest BCUT2D eigenvalue weighted by Crippen LogP contribution is -2.17. The number of hydrogen-bond donors (Lipinski definition) is 0. The summed E-state index contributed by atoms with van der Waals surface area (Å²) in [5.74, 6) is 0.735. The highest BCUT2D eigenvalue weighted by molar-refractivity contribution is 7.98. The molecule has 25 heavy (non-hydrogen) atoms. The number of aryl methyl sites for hydroxylation is 5. The van der Waals surface area contributed by atoms with E-state index >= 15 is 0 Å². The largest absolute Gasteiger partial charge is 0.269 e. The van der Waals surface area contributed by atoms with Gasteiger partial charge in [0.2, 0.25) is 0 Å². The van der Waals surface area contributed by atoms with Crippen molar-refractivity contribution in [3.8, 4) is 0 Å². The summed E-state index contributed by atoms with van der Waals surface area (Å²) < 4.78 is 1.84. The topological polar surface area (TPSA) is 34.4 Å². The Morgan fingerprint density at radius 2 is 1.84 bits per heavy atom. The van der Waals surface area contributed by atoms with Crippen LogP contribution in [0.5, 0.6) is 0 Å². The summed E-state index contributed by atoms with van der Waals surface area (Å²) in [7, 11) is 0. The van der Waals surface area contributed by atoms with Crippen molar-refractivity contribution in [2.45, 2.75) is 57.1 Å². The first-order valence-corrected chi connectivity index (χ1v) is 10.6. The van der Waals surface area contributed by atoms with E-state index in [1.807, 2.05) is 4.40 Å². The molecule has 0 bridgehead atoms. The molecule has 1 aliphatic rings. The maximum absolute atomic E-state index is 12.6. The Hall–Kier alpha value is -1.59. The van der Waals surface area contributed by atoms with Gasteiger partial charge in [0.1, 0.15) is 0 Å². The molecular weight excluding hydrogens is 348 g/mol. The van der Waals surface area contributed by atoms with Crippen LogP contribution >= 0.6 is 23.1 Å². The van der Waals surface area contributed by atoms with Crippen LogP contribution in [0.4, 0.5) is 0 Å². The minimum atomic E-state index is 0.0809. The molecule has 0 fully saturated rings. The van der Waals surface area contributed by atoms with Gasteiger partial charge in [-0.1, -0.05) is 17.7 Å². The fraction of sp³-hybridized carbons (Fsp3) is 0.400. The standard InChI is InChI=1S/C20H22N2OS2/c1-12-8-13(2)19(14(3)9-12)24-11-15-10-18(23)22-16-6-4-5-7-17(16)25-20(22)21-15/h8-10H,4-7,11H2,1-3H3. The van der Waals surface area contributed by atoms with Gasteiger partial charge in [-0.25, -0.2) is 4.98 Å². The van der Waals surface area contributed by atoms with E-state index in [2.05, 4.69) is 32.9 Å². The molecule has 0 radical (unpaired) electrons. The molecule has 4 rings (SSSR count). The zero-order valence-electron chi connectivity index (χ0n) is 14.9. The fourth-order valence-corrected chi connectivity index (χ4v) is 6.00. The van der Waals surface area contributed by atoms with Crippen molar-refractivity contribution in [3.05, 3.63) is 61.5 Å². The van der Waals surface area contributed by atoms with Gasteiger partial charge in [-0.05, 0) is 57.6 Å². The quantitative estimate of drug-likeness (QED) is 0.618. The van der Waals surface area contributed by atoms with Gasteiger partial charge in [0.05, 0.1) is 5.69 Å². The molecule has 1 aromatic carbocycles. The second kappa shape index (κ2) is 6.61. The van der Waals surface area contributed by atoms with Crippen molar-refractivity contribution >= 4 is 28.1 Å². The van der Waals surface area contributed by atoms with Crippen LogP contribution < -0.4 is 5.56 Å². The second-order valence-electron chi connectivity index (χ2n) is 6.90. The van der Waals surface area contributed by atoms with Crippen LogP contribution in [0.1, 0.15) is 45.8 Å². The van der Waals surface area contributed by atoms with Gasteiger partial charge in [0, 0.05) is 27.3 Å². The van der Waals surface area contributed by atoms with E-state index in [1.165, 1.54) is 45.0 Å². The average Bonchev–Trinajstić information content (AvgIpc) is 2.92. The zero-order valence-corrected chi connectivity index (χ0v) is 16.5. The first-order chi connectivity index (χ1) is 12.0. The number of rotatable bonds is 3. The molecule has 0 amide bonds. The summed E-state index contributed by atoms with van der Waals surface area (Å²) in [4.78, 5) is 21.0.